The van der Waals surface area contributed by atoms with E-state index in [0.29, 0.717) is 15.5 Å². The first-order chi connectivity index (χ1) is 9.10. The summed E-state index contributed by atoms with van der Waals surface area (Å²) in [6.07, 6.45) is 1.46. The van der Waals surface area contributed by atoms with Gasteiger partial charge in [-0.2, -0.15) is 5.26 Å². The van der Waals surface area contributed by atoms with Crippen molar-refractivity contribution in [3.8, 4) is 6.07 Å². The average molecular weight is 335 g/mol. The highest BCUT2D eigenvalue weighted by molar-refractivity contribution is 9.10. The molecule has 0 saturated heterocycles. The average Bonchev–Trinajstić information content (AvgIpc) is 2.39. The van der Waals surface area contributed by atoms with E-state index in [9.17, 15) is 4.79 Å². The number of benzene rings is 1. The van der Waals surface area contributed by atoms with Gasteiger partial charge in [-0.05, 0) is 30.3 Å². The number of aromatic carboxylic acids is 1. The topological polar surface area (TPSA) is 74.0 Å². The van der Waals surface area contributed by atoms with Gasteiger partial charge in [0.1, 0.15) is 11.1 Å². The Balaban J connectivity index is 2.34. The number of rotatable bonds is 3. The van der Waals surface area contributed by atoms with Gasteiger partial charge in [0, 0.05) is 15.6 Å². The molecule has 1 aromatic carbocycles. The molecule has 0 amide bonds. The number of hydrogen-bond donors (Lipinski definition) is 1. The zero-order valence-corrected chi connectivity index (χ0v) is 11.9. The molecule has 2 rings (SSSR count). The van der Waals surface area contributed by atoms with Crippen LogP contribution in [0.3, 0.4) is 0 Å². The van der Waals surface area contributed by atoms with Crippen LogP contribution in [0.25, 0.3) is 0 Å². The van der Waals surface area contributed by atoms with E-state index in [4.69, 9.17) is 10.4 Å². The smallest absolute Gasteiger partial charge is 0.336 e. The van der Waals surface area contributed by atoms with E-state index >= 15 is 0 Å². The normalized spacial score (nSPS) is 9.89. The van der Waals surface area contributed by atoms with E-state index in [1.165, 1.54) is 18.0 Å². The van der Waals surface area contributed by atoms with Crippen molar-refractivity contribution in [1.29, 1.82) is 5.26 Å². The fourth-order valence-corrected chi connectivity index (χ4v) is 2.81. The molecule has 0 fully saturated rings. The molecular weight excluding hydrogens is 328 g/mol. The molecule has 94 valence electrons. The SMILES string of the molecule is N#Cc1ccc(Sc2cc(Br)ccc2C(=O)O)nc1. The highest BCUT2D eigenvalue weighted by atomic mass is 79.9. The van der Waals surface area contributed by atoms with Crippen LogP contribution < -0.4 is 0 Å². The molecule has 1 N–H and O–H groups in total. The molecule has 4 nitrogen and oxygen atoms in total. The summed E-state index contributed by atoms with van der Waals surface area (Å²) in [4.78, 5) is 15.8. The quantitative estimate of drug-likeness (QED) is 0.928. The molecule has 6 heteroatoms. The zero-order chi connectivity index (χ0) is 13.8. The molecular formula is C13H7BrN2O2S. The summed E-state index contributed by atoms with van der Waals surface area (Å²) in [5.41, 5.74) is 0.691. The fraction of sp³-hybridized carbons (Fsp3) is 0. The minimum atomic E-state index is -0.983. The van der Waals surface area contributed by atoms with E-state index in [1.807, 2.05) is 6.07 Å². The lowest BCUT2D eigenvalue weighted by molar-refractivity contribution is 0.0693. The predicted molar refractivity (Wildman–Crippen MR) is 74.2 cm³/mol. The van der Waals surface area contributed by atoms with Gasteiger partial charge in [-0.3, -0.25) is 0 Å². The lowest BCUT2D eigenvalue weighted by Gasteiger charge is -2.05. The number of pyridine rings is 1. The molecule has 0 spiro atoms. The van der Waals surface area contributed by atoms with Crippen LogP contribution in [0.5, 0.6) is 0 Å². The third-order valence-corrected chi connectivity index (χ3v) is 3.76. The van der Waals surface area contributed by atoms with E-state index in [2.05, 4.69) is 20.9 Å². The molecule has 0 aliphatic carbocycles. The predicted octanol–water partition coefficient (Wildman–Crippen LogP) is 3.57. The van der Waals surface area contributed by atoms with Gasteiger partial charge in [0.25, 0.3) is 0 Å². The summed E-state index contributed by atoms with van der Waals surface area (Å²) >= 11 is 4.56. The maximum absolute atomic E-state index is 11.1. The molecule has 0 bridgehead atoms. The van der Waals surface area contributed by atoms with E-state index in [0.717, 1.165) is 4.47 Å². The number of halogens is 1. The minimum absolute atomic E-state index is 0.222. The van der Waals surface area contributed by atoms with E-state index in [1.54, 1.807) is 30.3 Å². The van der Waals surface area contributed by atoms with Crippen LogP contribution in [0, 0.1) is 11.3 Å². The summed E-state index contributed by atoms with van der Waals surface area (Å²) in [6, 6.07) is 10.3. The van der Waals surface area contributed by atoms with Crippen molar-refractivity contribution in [1.82, 2.24) is 4.98 Å². The van der Waals surface area contributed by atoms with Crippen molar-refractivity contribution in [2.24, 2.45) is 0 Å². The Morgan fingerprint density at radius 1 is 1.37 bits per heavy atom. The Morgan fingerprint density at radius 3 is 2.74 bits per heavy atom. The van der Waals surface area contributed by atoms with Crippen molar-refractivity contribution < 1.29 is 9.90 Å². The maximum Gasteiger partial charge on any atom is 0.336 e. The maximum atomic E-state index is 11.1. The first-order valence-electron chi connectivity index (χ1n) is 5.17. The molecule has 0 aliphatic heterocycles. The number of carbonyl (C=O) groups is 1. The summed E-state index contributed by atoms with van der Waals surface area (Å²) in [6.45, 7) is 0. The van der Waals surface area contributed by atoms with Gasteiger partial charge in [0.05, 0.1) is 11.1 Å². The Bertz CT molecular complexity index is 665. The van der Waals surface area contributed by atoms with Crippen LogP contribution in [-0.2, 0) is 0 Å². The lowest BCUT2D eigenvalue weighted by atomic mass is 10.2. The molecule has 0 atom stereocenters. The largest absolute Gasteiger partial charge is 0.478 e. The first kappa shape index (κ1) is 13.6. The van der Waals surface area contributed by atoms with Gasteiger partial charge in [-0.15, -0.1) is 0 Å². The van der Waals surface area contributed by atoms with Gasteiger partial charge < -0.3 is 5.11 Å². The Kier molecular flexibility index (Phi) is 4.20. The van der Waals surface area contributed by atoms with Crippen LogP contribution >= 0.6 is 27.7 Å². The van der Waals surface area contributed by atoms with Crippen molar-refractivity contribution in [2.45, 2.75) is 9.92 Å². The van der Waals surface area contributed by atoms with Gasteiger partial charge in [-0.25, -0.2) is 9.78 Å². The first-order valence-corrected chi connectivity index (χ1v) is 6.78. The van der Waals surface area contributed by atoms with Crippen LogP contribution in [0.2, 0.25) is 0 Å². The molecule has 0 saturated carbocycles. The van der Waals surface area contributed by atoms with Gasteiger partial charge in [-0.1, -0.05) is 27.7 Å². The summed E-state index contributed by atoms with van der Waals surface area (Å²) < 4.78 is 0.800. The number of nitrogens with zero attached hydrogens (tertiary/aromatic N) is 2. The third kappa shape index (κ3) is 3.34. The van der Waals surface area contributed by atoms with Gasteiger partial charge in [0.2, 0.25) is 0 Å². The second-order valence-electron chi connectivity index (χ2n) is 3.54. The summed E-state index contributed by atoms with van der Waals surface area (Å²) in [5.74, 6) is -0.983. The van der Waals surface area contributed by atoms with Crippen molar-refractivity contribution in [3.63, 3.8) is 0 Å². The van der Waals surface area contributed by atoms with Crippen LogP contribution in [-0.4, -0.2) is 16.1 Å². The molecule has 0 aliphatic rings. The highest BCUT2D eigenvalue weighted by Gasteiger charge is 2.12. The van der Waals surface area contributed by atoms with E-state index in [-0.39, 0.29) is 5.56 Å². The standard InChI is InChI=1S/C13H7BrN2O2S/c14-9-2-3-10(13(17)18)11(5-9)19-12-4-1-8(6-15)7-16-12/h1-5,7H,(H,17,18). The molecule has 2 aromatic rings. The molecule has 1 heterocycles. The molecule has 0 unspecified atom stereocenters. The van der Waals surface area contributed by atoms with Crippen LogP contribution in [0.1, 0.15) is 15.9 Å². The molecule has 1 aromatic heterocycles. The van der Waals surface area contributed by atoms with Gasteiger partial charge in [0.15, 0.2) is 0 Å². The molecule has 0 radical (unpaired) electrons. The number of carboxylic acids is 1. The lowest BCUT2D eigenvalue weighted by Crippen LogP contribution is -1.98. The Morgan fingerprint density at radius 2 is 2.16 bits per heavy atom. The van der Waals surface area contributed by atoms with Crippen molar-refractivity contribution >= 4 is 33.7 Å². The number of aromatic nitrogens is 1. The number of nitriles is 1. The van der Waals surface area contributed by atoms with Crippen molar-refractivity contribution in [3.05, 3.63) is 52.1 Å². The second-order valence-corrected chi connectivity index (χ2v) is 5.52. The highest BCUT2D eigenvalue weighted by Crippen LogP contribution is 2.31. The monoisotopic (exact) mass is 334 g/mol. The van der Waals surface area contributed by atoms with Crippen molar-refractivity contribution in [2.75, 3.05) is 0 Å². The Hall–Kier alpha value is -1.84. The third-order valence-electron chi connectivity index (χ3n) is 2.25. The molecule has 19 heavy (non-hydrogen) atoms. The zero-order valence-electron chi connectivity index (χ0n) is 9.50. The fourth-order valence-electron chi connectivity index (χ4n) is 1.38. The second kappa shape index (κ2) is 5.87. The summed E-state index contributed by atoms with van der Waals surface area (Å²) in [5, 5.41) is 18.5. The Labute approximate surface area is 122 Å². The number of carboxylic acid groups (broad SMARTS) is 1. The minimum Gasteiger partial charge on any atom is -0.478 e. The van der Waals surface area contributed by atoms with Gasteiger partial charge >= 0.3 is 5.97 Å². The van der Waals surface area contributed by atoms with Crippen LogP contribution in [0.4, 0.5) is 0 Å². The number of hydrogen-bond acceptors (Lipinski definition) is 4. The van der Waals surface area contributed by atoms with E-state index < -0.39 is 5.97 Å². The van der Waals surface area contributed by atoms with Crippen LogP contribution in [0.15, 0.2) is 50.9 Å². The summed E-state index contributed by atoms with van der Waals surface area (Å²) in [7, 11) is 0.